The first-order valence-corrected chi connectivity index (χ1v) is 8.02. The first-order chi connectivity index (χ1) is 11.5. The largest absolute Gasteiger partial charge is 0.481 e. The summed E-state index contributed by atoms with van der Waals surface area (Å²) in [7, 11) is 1.66. The number of amides is 1. The highest BCUT2D eigenvalue weighted by Crippen LogP contribution is 2.32. The molecule has 2 aromatic carbocycles. The Hall–Kier alpha value is -2.28. The van der Waals surface area contributed by atoms with Gasteiger partial charge in [0.05, 0.1) is 0 Å². The molecule has 1 aliphatic heterocycles. The molecule has 0 aromatic heterocycles. The second-order valence-corrected chi connectivity index (χ2v) is 6.22. The van der Waals surface area contributed by atoms with E-state index in [1.807, 2.05) is 18.2 Å². The van der Waals surface area contributed by atoms with Gasteiger partial charge in [-0.2, -0.15) is 0 Å². The maximum atomic E-state index is 13.7. The summed E-state index contributed by atoms with van der Waals surface area (Å²) in [5, 5.41) is 0. The van der Waals surface area contributed by atoms with Gasteiger partial charge >= 0.3 is 0 Å². The molecule has 0 unspecified atom stereocenters. The van der Waals surface area contributed by atoms with Gasteiger partial charge in [-0.1, -0.05) is 22.0 Å². The molecule has 126 valence electrons. The average Bonchev–Trinajstić information content (AvgIpc) is 3.01. The fourth-order valence-corrected chi connectivity index (χ4v) is 2.58. The molecule has 0 bridgehead atoms. The van der Waals surface area contributed by atoms with Crippen LogP contribution in [-0.2, 0) is 11.3 Å². The quantitative estimate of drug-likeness (QED) is 0.778. The number of fused-ring (bicyclic) bond motifs is 1. The van der Waals surface area contributed by atoms with E-state index in [2.05, 4.69) is 15.9 Å². The summed E-state index contributed by atoms with van der Waals surface area (Å²) in [6.07, 6.45) is 0. The van der Waals surface area contributed by atoms with E-state index >= 15 is 0 Å². The van der Waals surface area contributed by atoms with Gasteiger partial charge in [0, 0.05) is 18.1 Å². The summed E-state index contributed by atoms with van der Waals surface area (Å²) in [6, 6.07) is 9.93. The second kappa shape index (κ2) is 7.09. The number of ether oxygens (including phenoxy) is 3. The predicted molar refractivity (Wildman–Crippen MR) is 88.6 cm³/mol. The minimum atomic E-state index is -0.518. The van der Waals surface area contributed by atoms with Gasteiger partial charge in [-0.15, -0.1) is 0 Å². The fraction of sp³-hybridized carbons (Fsp3) is 0.235. The molecular weight excluding hydrogens is 381 g/mol. The van der Waals surface area contributed by atoms with Gasteiger partial charge in [0.1, 0.15) is 0 Å². The number of carbonyl (C=O) groups excluding carboxylic acids is 1. The third-order valence-corrected chi connectivity index (χ3v) is 4.02. The molecule has 24 heavy (non-hydrogen) atoms. The van der Waals surface area contributed by atoms with E-state index in [0.717, 1.165) is 5.56 Å². The van der Waals surface area contributed by atoms with Crippen molar-refractivity contribution in [2.75, 3.05) is 20.4 Å². The summed E-state index contributed by atoms with van der Waals surface area (Å²) in [5.74, 6) is 0.636. The number of carbonyl (C=O) groups is 1. The lowest BCUT2D eigenvalue weighted by Gasteiger charge is -2.18. The van der Waals surface area contributed by atoms with Crippen LogP contribution in [0.3, 0.4) is 0 Å². The Morgan fingerprint density at radius 2 is 2.04 bits per heavy atom. The summed E-state index contributed by atoms with van der Waals surface area (Å²) in [6.45, 7) is 0.363. The topological polar surface area (TPSA) is 48.0 Å². The van der Waals surface area contributed by atoms with Crippen molar-refractivity contribution in [2.24, 2.45) is 0 Å². The van der Waals surface area contributed by atoms with Crippen LogP contribution >= 0.6 is 15.9 Å². The van der Waals surface area contributed by atoms with Gasteiger partial charge in [-0.05, 0) is 35.9 Å². The molecule has 5 nitrogen and oxygen atoms in total. The van der Waals surface area contributed by atoms with Gasteiger partial charge < -0.3 is 19.1 Å². The number of hydrogen-bond acceptors (Lipinski definition) is 4. The molecule has 0 spiro atoms. The molecule has 7 heteroatoms. The van der Waals surface area contributed by atoms with Crippen LogP contribution in [0.2, 0.25) is 0 Å². The minimum absolute atomic E-state index is 0.0445. The molecule has 0 fully saturated rings. The Morgan fingerprint density at radius 1 is 1.25 bits per heavy atom. The molecule has 1 aliphatic rings. The summed E-state index contributed by atoms with van der Waals surface area (Å²) < 4.78 is 30.1. The van der Waals surface area contributed by atoms with Crippen LogP contribution in [0.4, 0.5) is 4.39 Å². The first-order valence-electron chi connectivity index (χ1n) is 7.23. The van der Waals surface area contributed by atoms with E-state index < -0.39 is 5.82 Å². The van der Waals surface area contributed by atoms with Crippen molar-refractivity contribution in [3.63, 3.8) is 0 Å². The van der Waals surface area contributed by atoms with Crippen molar-refractivity contribution < 1.29 is 23.4 Å². The lowest BCUT2D eigenvalue weighted by molar-refractivity contribution is -0.132. The van der Waals surface area contributed by atoms with Crippen molar-refractivity contribution in [2.45, 2.75) is 6.54 Å². The normalized spacial score (nSPS) is 12.1. The van der Waals surface area contributed by atoms with Crippen molar-refractivity contribution in [3.05, 3.63) is 52.3 Å². The number of likely N-dealkylation sites (N-methyl/N-ethyl adjacent to an activating group) is 1. The molecule has 1 heterocycles. The zero-order valence-electron chi connectivity index (χ0n) is 12.9. The number of halogens is 2. The van der Waals surface area contributed by atoms with Crippen LogP contribution in [-0.4, -0.2) is 31.3 Å². The van der Waals surface area contributed by atoms with E-state index in [9.17, 15) is 9.18 Å². The van der Waals surface area contributed by atoms with Crippen LogP contribution in [0.1, 0.15) is 5.56 Å². The highest BCUT2D eigenvalue weighted by Gasteiger charge is 2.16. The lowest BCUT2D eigenvalue weighted by atomic mass is 10.2. The molecule has 0 aliphatic carbocycles. The monoisotopic (exact) mass is 395 g/mol. The molecular formula is C17H15BrFNO4. The van der Waals surface area contributed by atoms with Gasteiger partial charge in [-0.25, -0.2) is 4.39 Å². The maximum absolute atomic E-state index is 13.7. The van der Waals surface area contributed by atoms with Crippen LogP contribution < -0.4 is 14.2 Å². The number of rotatable bonds is 5. The van der Waals surface area contributed by atoms with E-state index in [-0.39, 0.29) is 25.1 Å². The zero-order valence-corrected chi connectivity index (χ0v) is 14.5. The SMILES string of the molecule is CN(Cc1ccc2c(c1)OCO2)C(=O)COc1ccc(Br)cc1F. The van der Waals surface area contributed by atoms with Gasteiger partial charge in [0.2, 0.25) is 6.79 Å². The Balaban J connectivity index is 1.56. The fourth-order valence-electron chi connectivity index (χ4n) is 2.24. The highest BCUT2D eigenvalue weighted by atomic mass is 79.9. The van der Waals surface area contributed by atoms with E-state index in [1.165, 1.54) is 17.0 Å². The number of benzene rings is 2. The number of hydrogen-bond donors (Lipinski definition) is 0. The summed E-state index contributed by atoms with van der Waals surface area (Å²) in [4.78, 5) is 13.7. The second-order valence-electron chi connectivity index (χ2n) is 5.30. The third-order valence-electron chi connectivity index (χ3n) is 3.53. The standard InChI is InChI=1S/C17H15BrFNO4/c1-20(8-11-2-4-15-16(6-11)24-10-23-15)17(21)9-22-14-5-3-12(18)7-13(14)19/h2-7H,8-10H2,1H3. The molecule has 1 amide bonds. The Kier molecular flexibility index (Phi) is 4.89. The predicted octanol–water partition coefficient (Wildman–Crippen LogP) is 3.35. The maximum Gasteiger partial charge on any atom is 0.260 e. The Morgan fingerprint density at radius 3 is 2.83 bits per heavy atom. The highest BCUT2D eigenvalue weighted by molar-refractivity contribution is 9.10. The van der Waals surface area contributed by atoms with Gasteiger partial charge in [-0.3, -0.25) is 4.79 Å². The smallest absolute Gasteiger partial charge is 0.260 e. The van der Waals surface area contributed by atoms with E-state index in [1.54, 1.807) is 13.1 Å². The minimum Gasteiger partial charge on any atom is -0.481 e. The molecule has 0 saturated heterocycles. The van der Waals surface area contributed by atoms with Crippen molar-refractivity contribution >= 4 is 21.8 Å². The average molecular weight is 396 g/mol. The lowest BCUT2D eigenvalue weighted by Crippen LogP contribution is -2.31. The van der Waals surface area contributed by atoms with Gasteiger partial charge in [0.25, 0.3) is 5.91 Å². The number of nitrogens with zero attached hydrogens (tertiary/aromatic N) is 1. The van der Waals surface area contributed by atoms with Crippen molar-refractivity contribution in [3.8, 4) is 17.2 Å². The van der Waals surface area contributed by atoms with Crippen molar-refractivity contribution in [1.29, 1.82) is 0 Å². The molecule has 0 saturated carbocycles. The molecule has 2 aromatic rings. The van der Waals surface area contributed by atoms with Crippen molar-refractivity contribution in [1.82, 2.24) is 4.90 Å². The van der Waals surface area contributed by atoms with Crippen LogP contribution in [0.5, 0.6) is 17.2 Å². The van der Waals surface area contributed by atoms with Crippen LogP contribution in [0.25, 0.3) is 0 Å². The molecule has 0 N–H and O–H groups in total. The van der Waals surface area contributed by atoms with Gasteiger partial charge in [0.15, 0.2) is 29.7 Å². The molecule has 0 radical (unpaired) electrons. The van der Waals surface area contributed by atoms with E-state index in [4.69, 9.17) is 14.2 Å². The van der Waals surface area contributed by atoms with E-state index in [0.29, 0.717) is 22.5 Å². The summed E-state index contributed by atoms with van der Waals surface area (Å²) >= 11 is 3.17. The molecule has 0 atom stereocenters. The summed E-state index contributed by atoms with van der Waals surface area (Å²) in [5.41, 5.74) is 0.907. The Bertz CT molecular complexity index is 768. The first kappa shape index (κ1) is 16.6. The van der Waals surface area contributed by atoms with Crippen LogP contribution in [0, 0.1) is 5.82 Å². The Labute approximate surface area is 147 Å². The third kappa shape index (κ3) is 3.79. The zero-order chi connectivity index (χ0) is 17.1. The van der Waals surface area contributed by atoms with Crippen LogP contribution in [0.15, 0.2) is 40.9 Å². The molecule has 3 rings (SSSR count).